The fraction of sp³-hybridized carbons (Fsp3) is 0.781. The topological polar surface area (TPSA) is 656 Å². The van der Waals surface area contributed by atoms with Gasteiger partial charge in [-0.25, -0.2) is 19.2 Å². The first-order chi connectivity index (χ1) is 56.0. The van der Waals surface area contributed by atoms with E-state index in [2.05, 4.69) is 54.3 Å². The van der Waals surface area contributed by atoms with E-state index in [0.29, 0.717) is 85.0 Å². The van der Waals surface area contributed by atoms with Gasteiger partial charge in [0.2, 0.25) is 0 Å². The summed E-state index contributed by atoms with van der Waals surface area (Å²) in [5, 5.41) is 57.3. The van der Waals surface area contributed by atoms with Crippen LogP contribution in [0.15, 0.2) is 49.6 Å². The highest BCUT2D eigenvalue weighted by molar-refractivity contribution is 7.86. The number of carboxylic acid groups (broad SMARTS) is 2. The van der Waals surface area contributed by atoms with Crippen LogP contribution in [0.2, 0.25) is 0 Å². The Hall–Kier alpha value is -9.37. The number of ether oxygens (including phenoxy) is 8. The van der Waals surface area contributed by atoms with E-state index in [1.165, 1.54) is 33.5 Å². The minimum atomic E-state index is -4.10. The van der Waals surface area contributed by atoms with Crippen LogP contribution in [-0.2, 0) is 100 Å². The summed E-state index contributed by atoms with van der Waals surface area (Å²) in [4.78, 5) is 138. The Morgan fingerprint density at radius 3 is 0.967 bits per heavy atom. The molecule has 0 aromatic heterocycles. The zero-order valence-corrected chi connectivity index (χ0v) is 73.8. The maximum absolute atomic E-state index is 12.5. The molecule has 0 spiro atoms. The number of esters is 8. The van der Waals surface area contributed by atoms with Crippen molar-refractivity contribution in [3.63, 3.8) is 0 Å². The molecule has 3 rings (SSSR count). The summed E-state index contributed by atoms with van der Waals surface area (Å²) in [5.74, 6) is -6.23. The lowest BCUT2D eigenvalue weighted by Gasteiger charge is -2.31. The molecule has 686 valence electrons. The lowest BCUT2D eigenvalue weighted by molar-refractivity contribution is -0.158. The Kier molecular flexibility index (Phi) is 62.9. The Labute approximate surface area is 702 Å². The van der Waals surface area contributed by atoms with Crippen LogP contribution in [0, 0.1) is 6.92 Å². The molecule has 2 aliphatic heterocycles. The first-order valence-electron chi connectivity index (χ1n) is 38.5. The van der Waals surface area contributed by atoms with E-state index in [0.717, 1.165) is 12.7 Å². The van der Waals surface area contributed by atoms with Crippen LogP contribution in [0.1, 0.15) is 141 Å². The van der Waals surface area contributed by atoms with Crippen LogP contribution < -0.4 is 11.5 Å². The molecule has 2 saturated heterocycles. The second-order valence-electron chi connectivity index (χ2n) is 29.8. The minimum absolute atomic E-state index is 0.0574. The summed E-state index contributed by atoms with van der Waals surface area (Å²) in [6.07, 6.45) is -4.05. The highest BCUT2D eigenvalue weighted by Gasteiger charge is 2.34. The number of carbonyl (C=O) groups is 10. The zero-order valence-electron chi connectivity index (χ0n) is 73.0. The fourth-order valence-corrected chi connectivity index (χ4v) is 11.0. The largest absolute Gasteiger partial charge is 0.480 e. The van der Waals surface area contributed by atoms with Gasteiger partial charge in [0, 0.05) is 124 Å². The number of carbonyl (C=O) groups excluding carboxylic acids is 8. The molecule has 2 heterocycles. The molecule has 6 atom stereocenters. The number of aliphatic hydroxyl groups excluding tert-OH is 3. The lowest BCUT2D eigenvalue weighted by atomic mass is 10.1. The number of nitrogens with two attached hydrogens (primary N) is 2. The molecule has 0 bridgehead atoms. The maximum atomic E-state index is 12.5. The number of aliphatic carboxylic acids is 2. The van der Waals surface area contributed by atoms with Crippen molar-refractivity contribution in [2.75, 3.05) is 172 Å². The predicted molar refractivity (Wildman–Crippen MR) is 438 cm³/mol. The molecule has 47 heteroatoms. The highest BCUT2D eigenvalue weighted by Crippen LogP contribution is 2.20. The molecular weight excluding hydrogens is 1600 g/mol. The summed E-state index contributed by atoms with van der Waals surface area (Å²) < 4.78 is 68.8. The highest BCUT2D eigenvalue weighted by atomic mass is 32.2. The van der Waals surface area contributed by atoms with Crippen LogP contribution in [0.5, 0.6) is 0 Å². The van der Waals surface area contributed by atoms with Crippen molar-refractivity contribution in [2.45, 2.75) is 206 Å². The van der Waals surface area contributed by atoms with Gasteiger partial charge >= 0.3 is 59.7 Å². The number of carboxylic acids is 2. The summed E-state index contributed by atoms with van der Waals surface area (Å²) >= 11 is 0. The van der Waals surface area contributed by atoms with Crippen molar-refractivity contribution in [1.82, 2.24) is 29.4 Å². The molecule has 2 aliphatic rings. The number of methoxy groups -OCH3 is 4. The van der Waals surface area contributed by atoms with E-state index in [1.807, 2.05) is 86.8 Å². The van der Waals surface area contributed by atoms with Gasteiger partial charge in [-0.15, -0.1) is 0 Å². The maximum Gasteiger partial charge on any atom is 0.336 e. The molecule has 46 nitrogen and oxygen atoms in total. The first kappa shape index (κ1) is 117. The summed E-state index contributed by atoms with van der Waals surface area (Å²) in [7, 11) is 0.738. The van der Waals surface area contributed by atoms with Crippen molar-refractivity contribution < 1.29 is 124 Å². The summed E-state index contributed by atoms with van der Waals surface area (Å²) in [5.41, 5.74) is 41.7. The second-order valence-corrected chi connectivity index (χ2v) is 31.4. The predicted octanol–water partition coefficient (Wildman–Crippen LogP) is 4.41. The molecule has 0 aliphatic carbocycles. The normalized spacial score (nSPS) is 15.4. The summed E-state index contributed by atoms with van der Waals surface area (Å²) in [6, 6.07) is 4.52. The Bertz CT molecular complexity index is 3440. The number of nitrogens with zero attached hydrogens (tertiary/aromatic N) is 18. The van der Waals surface area contributed by atoms with E-state index in [4.69, 9.17) is 81.9 Å². The Balaban J connectivity index is -0.000000727. The first-order valence-corrected chi connectivity index (χ1v) is 39.9. The van der Waals surface area contributed by atoms with E-state index >= 15 is 0 Å². The van der Waals surface area contributed by atoms with Crippen molar-refractivity contribution in [3.05, 3.63) is 71.6 Å². The van der Waals surface area contributed by atoms with Crippen molar-refractivity contribution in [3.8, 4) is 0 Å². The number of rotatable bonds is 35. The minimum Gasteiger partial charge on any atom is -0.480 e. The molecule has 2 fully saturated rings. The van der Waals surface area contributed by atoms with Crippen LogP contribution in [0.4, 0.5) is 0 Å². The SMILES string of the molecule is CC.CC(C)(C)OC(=O)CN1CCN(CC(=O)OC(C)(C)C)CCN(C(CCN=[N+]=[N-])C(=O)O)CC1.COC(=O)C(CCN=[N+]=[N-])N1CCN(CC(=O)OC(C)(C)C)CCN(CC(=O)OC(C)(C)C)CC1.COC(=O)C(CCN=[N+]=[N-])OS(=O)(=O)c1ccc(C)cc1.COC(=O)C(O)CCN.COC(=O)C(O)CCN=[N+]=[N-].NCCC(O)C(=O)O. The van der Waals surface area contributed by atoms with Crippen molar-refractivity contribution in [1.29, 1.82) is 0 Å². The number of hydrogen-bond acceptors (Lipinski definition) is 36. The molecule has 9 N–H and O–H groups in total. The number of aryl methyl sites for hydroxylation is 1. The second kappa shape index (κ2) is 64.5. The molecule has 1 aromatic carbocycles. The van der Waals surface area contributed by atoms with Crippen LogP contribution in [-0.4, -0.2) is 354 Å². The van der Waals surface area contributed by atoms with Gasteiger partial charge in [-0.3, -0.25) is 62.3 Å². The van der Waals surface area contributed by atoms with Gasteiger partial charge in [-0.05, 0) is 176 Å². The van der Waals surface area contributed by atoms with Gasteiger partial charge in [-0.1, -0.05) is 52.0 Å². The molecule has 120 heavy (non-hydrogen) atoms. The third-order valence-electron chi connectivity index (χ3n) is 15.4. The van der Waals surface area contributed by atoms with E-state index < -0.39 is 105 Å². The summed E-state index contributed by atoms with van der Waals surface area (Å²) in [6.45, 7) is 34.3. The van der Waals surface area contributed by atoms with Crippen molar-refractivity contribution in [2.24, 2.45) is 31.9 Å². The Morgan fingerprint density at radius 1 is 0.417 bits per heavy atom. The third kappa shape index (κ3) is 61.0. The van der Waals surface area contributed by atoms with Gasteiger partial charge < -0.3 is 74.9 Å². The monoisotopic (exact) mass is 1740 g/mol. The average Bonchev–Trinajstić information content (AvgIpc) is 0.879. The molecule has 0 amide bonds. The molecule has 1 aromatic rings. The van der Waals surface area contributed by atoms with E-state index in [1.54, 1.807) is 58.6 Å². The quantitative estimate of drug-likeness (QED) is 0.0123. The molecule has 6 unspecified atom stereocenters. The number of benzene rings is 1. The van der Waals surface area contributed by atoms with Gasteiger partial charge in [0.05, 0.1) is 59.5 Å². The van der Waals surface area contributed by atoms with Gasteiger partial charge in [-0.2, -0.15) is 8.42 Å². The Morgan fingerprint density at radius 2 is 0.692 bits per heavy atom. The average molecular weight is 1740 g/mol. The van der Waals surface area contributed by atoms with Crippen molar-refractivity contribution >= 4 is 69.8 Å². The van der Waals surface area contributed by atoms with Gasteiger partial charge in [0.15, 0.2) is 24.4 Å². The lowest BCUT2D eigenvalue weighted by Crippen LogP contribution is -2.48. The standard InChI is InChI=1S/C23H42N6O6.C22H40N6O6.C12H15N3O5S.C5H9N3O3.C5H11NO3.C4H9NO3.C2H6/c1-22(2,3)34-19(30)16-27-10-11-28(17-20(31)35-23(4,5)6)13-15-29(14-12-27)18(21(32)33-7)8-9-25-26-24;1-21(2,3)33-18(29)15-26-9-10-27(16-19(30)34-22(4,5)6)12-14-28(13-11-26)17(20(31)32)7-8-24-25-23;1-9-3-5-10(6-4-9)21(17,18)20-11(12(16)19-2)7-8-14-15-13;1-11-5(10)4(9)2-3-7-8-6;1-9-5(8)4(7)2-3-6;5-2-1-3(6)4(7)8;1-2/h18H,8-17H2,1-7H3;17H,7-16H2,1-6H3,(H,31,32);3-6,11H,7-8H2,1-2H3;4,9H,2-3H2,1H3;4,7H,2-3,6H2,1H3;3,6H,1-2,5H2,(H,7,8);1-2H3. The van der Waals surface area contributed by atoms with E-state index in [9.17, 15) is 61.5 Å². The number of azide groups is 4. The van der Waals surface area contributed by atoms with Crippen LogP contribution in [0.3, 0.4) is 0 Å². The van der Waals surface area contributed by atoms with Gasteiger partial charge in [0.1, 0.15) is 34.5 Å². The zero-order chi connectivity index (χ0) is 93.0. The number of hydrogen-bond donors (Lipinski definition) is 7. The third-order valence-corrected chi connectivity index (χ3v) is 16.7. The van der Waals surface area contributed by atoms with Gasteiger partial charge in [0.25, 0.3) is 10.1 Å². The smallest absolute Gasteiger partial charge is 0.336 e. The van der Waals surface area contributed by atoms with E-state index in [-0.39, 0.29) is 126 Å². The fourth-order valence-electron chi connectivity index (χ4n) is 9.94. The molecule has 0 radical (unpaired) electrons. The van der Waals surface area contributed by atoms with Crippen LogP contribution in [0.25, 0.3) is 41.8 Å². The molecular formula is C73H132N20O26S. The van der Waals surface area contributed by atoms with Crippen LogP contribution >= 0.6 is 0 Å². The number of aliphatic hydroxyl groups is 3. The molecule has 0 saturated carbocycles.